The summed E-state index contributed by atoms with van der Waals surface area (Å²) < 4.78 is 1.13. The van der Waals surface area contributed by atoms with Gasteiger partial charge in [0.1, 0.15) is 0 Å². The lowest BCUT2D eigenvalue weighted by molar-refractivity contribution is 1.48. The highest BCUT2D eigenvalue weighted by molar-refractivity contribution is 9.10. The fourth-order valence-corrected chi connectivity index (χ4v) is 1.25. The molecular formula is C15H21Br. The quantitative estimate of drug-likeness (QED) is 0.579. The van der Waals surface area contributed by atoms with E-state index in [4.69, 9.17) is 0 Å². The lowest BCUT2D eigenvalue weighted by atomic mass is 10.2. The van der Waals surface area contributed by atoms with Gasteiger partial charge in [0.25, 0.3) is 0 Å². The number of rotatable bonds is 0. The highest BCUT2D eigenvalue weighted by Gasteiger charge is 1.74. The summed E-state index contributed by atoms with van der Waals surface area (Å²) in [6.07, 6.45) is 0. The molecule has 0 nitrogen and oxygen atoms in total. The molecule has 0 bridgehead atoms. The molecule has 0 unspecified atom stereocenters. The maximum Gasteiger partial charge on any atom is 0.0175 e. The molecule has 0 N–H and O–H groups in total. The number of benzene rings is 2. The summed E-state index contributed by atoms with van der Waals surface area (Å²) in [4.78, 5) is 0. The van der Waals surface area contributed by atoms with Gasteiger partial charge in [-0.2, -0.15) is 0 Å². The molecule has 0 saturated heterocycles. The van der Waals surface area contributed by atoms with Crippen LogP contribution in [0.2, 0.25) is 0 Å². The normalized spacial score (nSPS) is 7.62. The molecule has 0 aromatic heterocycles. The van der Waals surface area contributed by atoms with Crippen LogP contribution in [0.15, 0.2) is 65.1 Å². The Bertz CT molecular complexity index is 303. The molecule has 0 aliphatic heterocycles. The van der Waals surface area contributed by atoms with E-state index in [0.717, 1.165) is 4.47 Å². The van der Waals surface area contributed by atoms with Crippen molar-refractivity contribution in [2.45, 2.75) is 21.8 Å². The summed E-state index contributed by atoms with van der Waals surface area (Å²) in [6, 6.07) is 20.2. The molecule has 0 radical (unpaired) electrons. The first-order valence-corrected chi connectivity index (χ1v) is 5.30. The van der Waals surface area contributed by atoms with E-state index in [1.807, 2.05) is 48.5 Å². The first-order valence-electron chi connectivity index (χ1n) is 4.51. The smallest absolute Gasteiger partial charge is 0.0175 e. The van der Waals surface area contributed by atoms with E-state index in [1.165, 1.54) is 5.56 Å². The molecule has 0 heterocycles. The topological polar surface area (TPSA) is 0 Å². The number of aryl methyl sites for hydroxylation is 1. The average molecular weight is 281 g/mol. The molecule has 0 atom stereocenters. The standard InChI is InChI=1S/C7H8.C6H5Br.2CH4/c1-7-5-3-2-4-6-7;7-6-4-2-1-3-5-6;;/h2-6H,1H3;1-5H;2*1H4. The Balaban J connectivity index is 0. The third-order valence-corrected chi connectivity index (χ3v) is 2.20. The average Bonchev–Trinajstić information content (AvgIpc) is 2.21. The summed E-state index contributed by atoms with van der Waals surface area (Å²) in [7, 11) is 0. The van der Waals surface area contributed by atoms with Crippen molar-refractivity contribution >= 4 is 15.9 Å². The third-order valence-electron chi connectivity index (χ3n) is 1.67. The Hall–Kier alpha value is -1.08. The van der Waals surface area contributed by atoms with Crippen molar-refractivity contribution in [1.29, 1.82) is 0 Å². The van der Waals surface area contributed by atoms with Gasteiger partial charge in [-0.15, -0.1) is 0 Å². The Morgan fingerprint density at radius 2 is 1.06 bits per heavy atom. The molecule has 0 spiro atoms. The Kier molecular flexibility index (Phi) is 11.3. The van der Waals surface area contributed by atoms with Gasteiger partial charge in [-0.1, -0.05) is 84.9 Å². The largest absolute Gasteiger partial charge is 0.0776 e. The van der Waals surface area contributed by atoms with Crippen LogP contribution in [0.1, 0.15) is 20.4 Å². The zero-order valence-electron chi connectivity index (χ0n) is 8.15. The van der Waals surface area contributed by atoms with Crippen LogP contribution < -0.4 is 0 Å². The minimum atomic E-state index is 0. The summed E-state index contributed by atoms with van der Waals surface area (Å²) in [5.74, 6) is 0. The van der Waals surface area contributed by atoms with Crippen LogP contribution in [0, 0.1) is 6.92 Å². The second-order valence-corrected chi connectivity index (χ2v) is 3.87. The van der Waals surface area contributed by atoms with Gasteiger partial charge in [0.05, 0.1) is 0 Å². The van der Waals surface area contributed by atoms with Crippen molar-refractivity contribution < 1.29 is 0 Å². The lowest BCUT2D eigenvalue weighted by Crippen LogP contribution is -1.62. The molecule has 0 fully saturated rings. The molecule has 2 aromatic rings. The van der Waals surface area contributed by atoms with Crippen molar-refractivity contribution in [1.82, 2.24) is 0 Å². The molecule has 0 aliphatic carbocycles. The van der Waals surface area contributed by atoms with Crippen molar-refractivity contribution in [2.24, 2.45) is 0 Å². The van der Waals surface area contributed by atoms with Gasteiger partial charge in [-0.3, -0.25) is 0 Å². The van der Waals surface area contributed by atoms with E-state index in [9.17, 15) is 0 Å². The summed E-state index contributed by atoms with van der Waals surface area (Å²) in [5, 5.41) is 0. The number of halogens is 1. The third kappa shape index (κ3) is 8.25. The second-order valence-electron chi connectivity index (χ2n) is 2.95. The minimum Gasteiger partial charge on any atom is -0.0776 e. The highest BCUT2D eigenvalue weighted by Crippen LogP contribution is 2.05. The monoisotopic (exact) mass is 280 g/mol. The molecule has 2 rings (SSSR count). The predicted octanol–water partition coefficient (Wildman–Crippen LogP) is 5.72. The van der Waals surface area contributed by atoms with E-state index >= 15 is 0 Å². The van der Waals surface area contributed by atoms with Crippen LogP contribution in [0.4, 0.5) is 0 Å². The molecule has 0 saturated carbocycles. The fourth-order valence-electron chi connectivity index (χ4n) is 0.949. The van der Waals surface area contributed by atoms with Crippen LogP contribution in [0.5, 0.6) is 0 Å². The van der Waals surface area contributed by atoms with Crippen molar-refractivity contribution in [3.63, 3.8) is 0 Å². The Morgan fingerprint density at radius 1 is 0.688 bits per heavy atom. The van der Waals surface area contributed by atoms with Gasteiger partial charge >= 0.3 is 0 Å². The first kappa shape index (κ1) is 17.3. The number of hydrogen-bond acceptors (Lipinski definition) is 0. The van der Waals surface area contributed by atoms with Gasteiger partial charge in [0.2, 0.25) is 0 Å². The van der Waals surface area contributed by atoms with Gasteiger partial charge < -0.3 is 0 Å². The molecule has 0 aliphatic rings. The van der Waals surface area contributed by atoms with Gasteiger partial charge in [0.15, 0.2) is 0 Å². The molecule has 16 heavy (non-hydrogen) atoms. The van der Waals surface area contributed by atoms with Gasteiger partial charge in [-0.05, 0) is 19.1 Å². The molecular weight excluding hydrogens is 260 g/mol. The zero-order valence-corrected chi connectivity index (χ0v) is 9.74. The predicted molar refractivity (Wildman–Crippen MR) is 78.8 cm³/mol. The van der Waals surface area contributed by atoms with E-state index in [0.29, 0.717) is 0 Å². The van der Waals surface area contributed by atoms with Crippen LogP contribution in [-0.2, 0) is 0 Å². The van der Waals surface area contributed by atoms with Crippen LogP contribution in [-0.4, -0.2) is 0 Å². The molecule has 1 heteroatoms. The fraction of sp³-hybridized carbons (Fsp3) is 0.200. The maximum atomic E-state index is 3.31. The van der Waals surface area contributed by atoms with Crippen LogP contribution in [0.3, 0.4) is 0 Å². The number of hydrogen-bond donors (Lipinski definition) is 0. The Labute approximate surface area is 108 Å². The first-order chi connectivity index (χ1) is 6.79. The summed E-state index contributed by atoms with van der Waals surface area (Å²) in [5.41, 5.74) is 1.32. The minimum absolute atomic E-state index is 0. The summed E-state index contributed by atoms with van der Waals surface area (Å²) in [6.45, 7) is 2.08. The van der Waals surface area contributed by atoms with Crippen LogP contribution in [0.25, 0.3) is 0 Å². The van der Waals surface area contributed by atoms with Crippen molar-refractivity contribution in [2.75, 3.05) is 0 Å². The molecule has 2 aromatic carbocycles. The van der Waals surface area contributed by atoms with Crippen LogP contribution >= 0.6 is 15.9 Å². The maximum absolute atomic E-state index is 3.31. The summed E-state index contributed by atoms with van der Waals surface area (Å²) >= 11 is 3.31. The van der Waals surface area contributed by atoms with E-state index in [-0.39, 0.29) is 14.9 Å². The van der Waals surface area contributed by atoms with E-state index in [2.05, 4.69) is 35.0 Å². The van der Waals surface area contributed by atoms with E-state index < -0.39 is 0 Å². The lowest BCUT2D eigenvalue weighted by Gasteiger charge is -1.82. The van der Waals surface area contributed by atoms with Gasteiger partial charge in [0, 0.05) is 4.47 Å². The molecule has 0 amide bonds. The van der Waals surface area contributed by atoms with Crippen molar-refractivity contribution in [3.8, 4) is 0 Å². The second kappa shape index (κ2) is 10.4. The molecule has 88 valence electrons. The van der Waals surface area contributed by atoms with Gasteiger partial charge in [-0.25, -0.2) is 0 Å². The Morgan fingerprint density at radius 3 is 1.25 bits per heavy atom. The van der Waals surface area contributed by atoms with Crippen molar-refractivity contribution in [3.05, 3.63) is 70.7 Å². The SMILES string of the molecule is Brc1ccccc1.C.C.Cc1ccccc1. The zero-order chi connectivity index (χ0) is 10.2. The highest BCUT2D eigenvalue weighted by atomic mass is 79.9. The van der Waals surface area contributed by atoms with E-state index in [1.54, 1.807) is 0 Å².